The lowest BCUT2D eigenvalue weighted by molar-refractivity contribution is 0.288. The van der Waals surface area contributed by atoms with Crippen molar-refractivity contribution >= 4 is 23.4 Å². The first-order valence-corrected chi connectivity index (χ1v) is 5.94. The largest absolute Gasteiger partial charge is 0.395 e. The number of aliphatic hydroxyl groups excluding tert-OH is 1. The molecule has 4 N–H and O–H groups in total. The molecule has 0 radical (unpaired) electrons. The van der Waals surface area contributed by atoms with Crippen LogP contribution in [0.1, 0.15) is 6.92 Å². The van der Waals surface area contributed by atoms with Crippen LogP contribution < -0.4 is 11.1 Å². The van der Waals surface area contributed by atoms with Crippen molar-refractivity contribution in [1.29, 1.82) is 0 Å². The summed E-state index contributed by atoms with van der Waals surface area (Å²) < 4.78 is 0. The van der Waals surface area contributed by atoms with Crippen LogP contribution in [-0.4, -0.2) is 39.2 Å². The molecule has 0 bridgehead atoms. The highest BCUT2D eigenvalue weighted by molar-refractivity contribution is 7.99. The summed E-state index contributed by atoms with van der Waals surface area (Å²) in [6.07, 6.45) is 3.38. The number of nitrogen functional groups attached to an aromatic ring is 1. The third-order valence-electron chi connectivity index (χ3n) is 2.10. The molecule has 0 aliphatic carbocycles. The van der Waals surface area contributed by atoms with E-state index in [2.05, 4.69) is 15.3 Å². The fraction of sp³-hybridized carbons (Fsp3) is 0.556. The van der Waals surface area contributed by atoms with Crippen molar-refractivity contribution in [3.8, 4) is 0 Å². The molecular formula is C9H16N4OS. The number of rotatable bonds is 5. The molecule has 2 unspecified atom stereocenters. The number of aromatic nitrogens is 2. The van der Waals surface area contributed by atoms with Crippen LogP contribution in [0.15, 0.2) is 12.4 Å². The van der Waals surface area contributed by atoms with E-state index in [1.165, 1.54) is 6.33 Å². The van der Waals surface area contributed by atoms with Gasteiger partial charge in [0.2, 0.25) is 0 Å². The van der Waals surface area contributed by atoms with E-state index in [1.54, 1.807) is 17.8 Å². The first-order valence-electron chi connectivity index (χ1n) is 4.65. The van der Waals surface area contributed by atoms with E-state index in [9.17, 15) is 0 Å². The van der Waals surface area contributed by atoms with Gasteiger partial charge in [-0.25, -0.2) is 9.97 Å². The lowest BCUT2D eigenvalue weighted by Gasteiger charge is -2.21. The Morgan fingerprint density at radius 3 is 2.87 bits per heavy atom. The summed E-state index contributed by atoms with van der Waals surface area (Å²) in [5.41, 5.74) is 5.53. The quantitative estimate of drug-likeness (QED) is 0.684. The lowest BCUT2D eigenvalue weighted by Crippen LogP contribution is -2.31. The molecule has 0 spiro atoms. The standard InChI is InChI=1S/C9H16N4OS/c1-6(7(4-14)15-2)13-9-3-8(10)11-5-12-9/h3,5-7,14H,4H2,1-2H3,(H3,10,11,12,13). The third-order valence-corrected chi connectivity index (χ3v) is 3.27. The second-order valence-corrected chi connectivity index (χ2v) is 4.29. The smallest absolute Gasteiger partial charge is 0.131 e. The number of hydrogen-bond acceptors (Lipinski definition) is 6. The van der Waals surface area contributed by atoms with E-state index in [0.717, 1.165) is 0 Å². The van der Waals surface area contributed by atoms with Gasteiger partial charge < -0.3 is 16.2 Å². The Bertz CT molecular complexity index is 306. The Balaban J connectivity index is 2.61. The molecule has 1 aromatic heterocycles. The van der Waals surface area contributed by atoms with Crippen LogP contribution in [0.2, 0.25) is 0 Å². The second kappa shape index (κ2) is 5.77. The number of nitrogens with zero attached hydrogens (tertiary/aromatic N) is 2. The number of thioether (sulfide) groups is 1. The highest BCUT2D eigenvalue weighted by Crippen LogP contribution is 2.15. The molecule has 6 heteroatoms. The van der Waals surface area contributed by atoms with Crippen molar-refractivity contribution in [3.63, 3.8) is 0 Å². The topological polar surface area (TPSA) is 84.1 Å². The third kappa shape index (κ3) is 3.56. The minimum atomic E-state index is 0.124. The number of nitrogens with one attached hydrogen (secondary N) is 1. The average Bonchev–Trinajstić information content (AvgIpc) is 2.19. The number of aliphatic hydroxyl groups is 1. The van der Waals surface area contributed by atoms with Crippen molar-refractivity contribution in [2.45, 2.75) is 18.2 Å². The Kier molecular flexibility index (Phi) is 4.64. The maximum atomic E-state index is 9.11. The summed E-state index contributed by atoms with van der Waals surface area (Å²) >= 11 is 1.61. The Hall–Kier alpha value is -1.01. The molecule has 0 amide bonds. The van der Waals surface area contributed by atoms with Crippen molar-refractivity contribution in [2.75, 3.05) is 23.9 Å². The summed E-state index contributed by atoms with van der Waals surface area (Å²) in [5, 5.41) is 12.4. The van der Waals surface area contributed by atoms with Gasteiger partial charge in [-0.05, 0) is 13.2 Å². The SMILES string of the molecule is CSC(CO)C(C)Nc1cc(N)ncn1. The molecule has 15 heavy (non-hydrogen) atoms. The first kappa shape index (κ1) is 12.1. The van der Waals surface area contributed by atoms with Gasteiger partial charge in [0.05, 0.1) is 6.61 Å². The van der Waals surface area contributed by atoms with Gasteiger partial charge in [0.25, 0.3) is 0 Å². The molecular weight excluding hydrogens is 212 g/mol. The molecule has 84 valence electrons. The van der Waals surface area contributed by atoms with Gasteiger partial charge in [-0.3, -0.25) is 0 Å². The average molecular weight is 228 g/mol. The monoisotopic (exact) mass is 228 g/mol. The second-order valence-electron chi connectivity index (χ2n) is 3.22. The number of nitrogens with two attached hydrogens (primary N) is 1. The minimum Gasteiger partial charge on any atom is -0.395 e. The van der Waals surface area contributed by atoms with Crippen molar-refractivity contribution in [3.05, 3.63) is 12.4 Å². The van der Waals surface area contributed by atoms with Crippen molar-refractivity contribution < 1.29 is 5.11 Å². The summed E-state index contributed by atoms with van der Waals surface area (Å²) in [7, 11) is 0. The summed E-state index contributed by atoms with van der Waals surface area (Å²) in [4.78, 5) is 7.84. The molecule has 1 rings (SSSR count). The summed E-state index contributed by atoms with van der Waals surface area (Å²) in [5.74, 6) is 1.12. The first-order chi connectivity index (χ1) is 7.17. The highest BCUT2D eigenvalue weighted by Gasteiger charge is 2.15. The molecule has 2 atom stereocenters. The van der Waals surface area contributed by atoms with E-state index in [4.69, 9.17) is 10.8 Å². The minimum absolute atomic E-state index is 0.124. The van der Waals surface area contributed by atoms with Gasteiger partial charge in [-0.15, -0.1) is 0 Å². The fourth-order valence-corrected chi connectivity index (χ4v) is 1.84. The molecule has 0 aliphatic rings. The lowest BCUT2D eigenvalue weighted by atomic mass is 10.2. The Labute approximate surface area is 93.5 Å². The van der Waals surface area contributed by atoms with Gasteiger partial charge in [0.1, 0.15) is 18.0 Å². The molecule has 1 heterocycles. The highest BCUT2D eigenvalue weighted by atomic mass is 32.2. The Morgan fingerprint density at radius 2 is 2.33 bits per heavy atom. The van der Waals surface area contributed by atoms with Crippen LogP contribution in [0.4, 0.5) is 11.6 Å². The normalized spacial score (nSPS) is 14.6. The molecule has 0 fully saturated rings. The van der Waals surface area contributed by atoms with Crippen molar-refractivity contribution in [2.24, 2.45) is 0 Å². The maximum Gasteiger partial charge on any atom is 0.131 e. The molecule has 1 aromatic rings. The van der Waals surface area contributed by atoms with E-state index in [-0.39, 0.29) is 17.9 Å². The fourth-order valence-electron chi connectivity index (χ4n) is 1.21. The van der Waals surface area contributed by atoms with Gasteiger partial charge in [0.15, 0.2) is 0 Å². The Morgan fingerprint density at radius 1 is 1.60 bits per heavy atom. The van der Waals surface area contributed by atoms with Crippen LogP contribution >= 0.6 is 11.8 Å². The van der Waals surface area contributed by atoms with Crippen LogP contribution in [0.3, 0.4) is 0 Å². The van der Waals surface area contributed by atoms with Gasteiger partial charge >= 0.3 is 0 Å². The van der Waals surface area contributed by atoms with Crippen molar-refractivity contribution in [1.82, 2.24) is 9.97 Å². The van der Waals surface area contributed by atoms with E-state index < -0.39 is 0 Å². The molecule has 0 aromatic carbocycles. The summed E-state index contributed by atoms with van der Waals surface area (Å²) in [6.45, 7) is 2.13. The van der Waals surface area contributed by atoms with E-state index in [0.29, 0.717) is 11.6 Å². The number of anilines is 2. The molecule has 5 nitrogen and oxygen atoms in total. The van der Waals surface area contributed by atoms with Crippen LogP contribution in [-0.2, 0) is 0 Å². The zero-order chi connectivity index (χ0) is 11.3. The molecule has 0 saturated heterocycles. The van der Waals surface area contributed by atoms with Gasteiger partial charge in [-0.1, -0.05) is 0 Å². The number of hydrogen-bond donors (Lipinski definition) is 3. The van der Waals surface area contributed by atoms with Gasteiger partial charge in [0, 0.05) is 17.4 Å². The van der Waals surface area contributed by atoms with E-state index in [1.807, 2.05) is 13.2 Å². The van der Waals surface area contributed by atoms with Crippen LogP contribution in [0.5, 0.6) is 0 Å². The van der Waals surface area contributed by atoms with Crippen LogP contribution in [0.25, 0.3) is 0 Å². The molecule has 0 saturated carbocycles. The predicted octanol–water partition coefficient (Wildman–Crippen LogP) is 0.583. The maximum absolute atomic E-state index is 9.11. The zero-order valence-electron chi connectivity index (χ0n) is 8.84. The summed E-state index contributed by atoms with van der Waals surface area (Å²) in [6, 6.07) is 1.80. The van der Waals surface area contributed by atoms with Gasteiger partial charge in [-0.2, -0.15) is 11.8 Å². The predicted molar refractivity (Wildman–Crippen MR) is 63.9 cm³/mol. The van der Waals surface area contributed by atoms with Crippen LogP contribution in [0, 0.1) is 0 Å². The van der Waals surface area contributed by atoms with E-state index >= 15 is 0 Å². The molecule has 0 aliphatic heterocycles. The zero-order valence-corrected chi connectivity index (χ0v) is 9.66.